The third-order valence-electron chi connectivity index (χ3n) is 8.41. The Morgan fingerprint density at radius 3 is 2.16 bits per heavy atom. The summed E-state index contributed by atoms with van der Waals surface area (Å²) in [7, 11) is 2.43. The van der Waals surface area contributed by atoms with Crippen molar-refractivity contribution < 1.29 is 22.7 Å². The number of aromatic nitrogens is 4. The minimum atomic E-state index is -3.64. The fourth-order valence-electron chi connectivity index (χ4n) is 5.34. The van der Waals surface area contributed by atoms with E-state index in [1.165, 1.54) is 38.6 Å². The molecule has 1 amide bonds. The average molecular weight is 830 g/mol. The third-order valence-corrected chi connectivity index (χ3v) is 10.8. The number of anilines is 8. The lowest BCUT2D eigenvalue weighted by atomic mass is 10.1. The molecule has 0 radical (unpaired) electrons. The van der Waals surface area contributed by atoms with Crippen molar-refractivity contribution in [1.82, 2.24) is 29.6 Å². The van der Waals surface area contributed by atoms with Gasteiger partial charge in [-0.3, -0.25) is 4.79 Å². The normalized spacial score (nSPS) is 11.2. The van der Waals surface area contributed by atoms with Crippen molar-refractivity contribution in [2.24, 2.45) is 0 Å². The molecular weight excluding hydrogens is 791 g/mol. The second-order valence-corrected chi connectivity index (χ2v) is 15.5. The maximum absolute atomic E-state index is 12.6. The second kappa shape index (κ2) is 17.7. The van der Waals surface area contributed by atoms with Crippen LogP contribution >= 0.6 is 23.2 Å². The first-order valence-electron chi connectivity index (χ1n) is 17.2. The highest BCUT2D eigenvalue weighted by molar-refractivity contribution is 7.89. The SMILES string of the molecule is CNC(=O)c1ccccc1Nc1nc(Nc2ccc(COc3ccc(C)c(Nc4ncc(Cl)c(Nc5cccc(S(=O)(=O)N(C)C)c5)n4)c3)c(OC)c2)ncc1Cl. The number of ether oxygens (including phenoxy) is 2. The average Bonchev–Trinajstić information content (AvgIpc) is 3.20. The van der Waals surface area contributed by atoms with E-state index >= 15 is 0 Å². The van der Waals surface area contributed by atoms with E-state index in [1.54, 1.807) is 56.6 Å². The highest BCUT2D eigenvalue weighted by atomic mass is 35.5. The zero-order chi connectivity index (χ0) is 40.7. The standard InChI is InChI=1S/C39H38Cl2N10O5S/c1-23-13-16-27(19-33(23)48-39-44-20-30(40)35(49-39)45-25-9-8-10-28(17-25)57(53,54)51(3)4)56-22-24-14-15-26(18-34(24)55-5)46-38-43-21-31(41)36(50-38)47-32-12-7-6-11-29(32)37(52)42-2/h6-21H,22H2,1-5H3,(H,42,52)(H2,43,46,47,50)(H2,44,45,48,49). The predicted octanol–water partition coefficient (Wildman–Crippen LogP) is 8.05. The van der Waals surface area contributed by atoms with Gasteiger partial charge in [0.05, 0.1) is 35.6 Å². The van der Waals surface area contributed by atoms with E-state index < -0.39 is 10.0 Å². The van der Waals surface area contributed by atoms with Gasteiger partial charge >= 0.3 is 0 Å². The van der Waals surface area contributed by atoms with Crippen molar-refractivity contribution in [2.75, 3.05) is 49.5 Å². The summed E-state index contributed by atoms with van der Waals surface area (Å²) in [6.07, 6.45) is 2.91. The highest BCUT2D eigenvalue weighted by Crippen LogP contribution is 2.32. The van der Waals surface area contributed by atoms with Crippen LogP contribution in [-0.4, -0.2) is 66.8 Å². The Bertz CT molecular complexity index is 2540. The molecule has 0 atom stereocenters. The van der Waals surface area contributed by atoms with Crippen LogP contribution in [0.25, 0.3) is 0 Å². The maximum Gasteiger partial charge on any atom is 0.253 e. The van der Waals surface area contributed by atoms with E-state index in [2.05, 4.69) is 46.5 Å². The van der Waals surface area contributed by atoms with Crippen LogP contribution in [0.3, 0.4) is 0 Å². The van der Waals surface area contributed by atoms with Crippen LogP contribution in [0.2, 0.25) is 10.0 Å². The van der Waals surface area contributed by atoms with Crippen molar-refractivity contribution in [3.05, 3.63) is 124 Å². The number of halogens is 2. The number of hydrogen-bond acceptors (Lipinski definition) is 13. The number of carbonyl (C=O) groups is 1. The molecule has 15 nitrogen and oxygen atoms in total. The van der Waals surface area contributed by atoms with Gasteiger partial charge in [-0.25, -0.2) is 22.7 Å². The van der Waals surface area contributed by atoms with Crippen LogP contribution in [0, 0.1) is 6.92 Å². The minimum absolute atomic E-state index is 0.123. The van der Waals surface area contributed by atoms with Gasteiger partial charge in [0, 0.05) is 55.9 Å². The van der Waals surface area contributed by atoms with Crippen molar-refractivity contribution >= 4 is 85.4 Å². The van der Waals surface area contributed by atoms with Crippen molar-refractivity contribution in [1.29, 1.82) is 0 Å². The molecule has 57 heavy (non-hydrogen) atoms. The van der Waals surface area contributed by atoms with Gasteiger partial charge in [0.15, 0.2) is 11.6 Å². The van der Waals surface area contributed by atoms with Crippen molar-refractivity contribution in [3.63, 3.8) is 0 Å². The first kappa shape index (κ1) is 40.5. The Morgan fingerprint density at radius 2 is 1.46 bits per heavy atom. The molecule has 0 aliphatic carbocycles. The molecule has 18 heteroatoms. The van der Waals surface area contributed by atoms with E-state index in [0.717, 1.165) is 15.4 Å². The zero-order valence-electron chi connectivity index (χ0n) is 31.4. The Hall–Kier alpha value is -6.20. The zero-order valence-corrected chi connectivity index (χ0v) is 33.7. The topological polar surface area (TPSA) is 185 Å². The molecule has 0 saturated carbocycles. The Morgan fingerprint density at radius 1 is 0.772 bits per heavy atom. The number of sulfonamides is 1. The Labute approximate surface area is 339 Å². The van der Waals surface area contributed by atoms with Crippen LogP contribution in [0.1, 0.15) is 21.5 Å². The summed E-state index contributed by atoms with van der Waals surface area (Å²) in [5.74, 6) is 2.01. The van der Waals surface area contributed by atoms with Gasteiger partial charge < -0.3 is 36.1 Å². The number of benzene rings is 4. The van der Waals surface area contributed by atoms with Gasteiger partial charge in [0.1, 0.15) is 28.2 Å². The first-order valence-corrected chi connectivity index (χ1v) is 19.4. The van der Waals surface area contributed by atoms with E-state index in [-0.39, 0.29) is 45.2 Å². The molecule has 294 valence electrons. The first-order chi connectivity index (χ1) is 27.3. The molecule has 0 aliphatic rings. The summed E-state index contributed by atoms with van der Waals surface area (Å²) >= 11 is 12.8. The van der Waals surface area contributed by atoms with Gasteiger partial charge in [-0.2, -0.15) is 9.97 Å². The molecule has 2 heterocycles. The Balaban J connectivity index is 1.12. The molecule has 0 unspecified atom stereocenters. The number of nitrogens with zero attached hydrogens (tertiary/aromatic N) is 5. The molecule has 6 rings (SSSR count). The van der Waals surface area contributed by atoms with E-state index in [0.29, 0.717) is 45.6 Å². The lowest BCUT2D eigenvalue weighted by Crippen LogP contribution is -2.22. The summed E-state index contributed by atoms with van der Waals surface area (Å²) < 4.78 is 38.3. The highest BCUT2D eigenvalue weighted by Gasteiger charge is 2.18. The van der Waals surface area contributed by atoms with Crippen molar-refractivity contribution in [2.45, 2.75) is 18.4 Å². The molecule has 4 aromatic carbocycles. The number of carbonyl (C=O) groups excluding carboxylic acids is 1. The number of para-hydroxylation sites is 1. The Kier molecular flexibility index (Phi) is 12.6. The van der Waals surface area contributed by atoms with Gasteiger partial charge in [-0.1, -0.05) is 47.5 Å². The molecular formula is C39H38Cl2N10O5S. The van der Waals surface area contributed by atoms with Crippen LogP contribution in [0.4, 0.5) is 46.3 Å². The lowest BCUT2D eigenvalue weighted by Gasteiger charge is -2.15. The van der Waals surface area contributed by atoms with Crippen molar-refractivity contribution in [3.8, 4) is 11.5 Å². The van der Waals surface area contributed by atoms with E-state index in [9.17, 15) is 13.2 Å². The summed E-state index contributed by atoms with van der Waals surface area (Å²) in [6.45, 7) is 2.12. The fraction of sp³-hybridized carbons (Fsp3) is 0.154. The quantitative estimate of drug-likeness (QED) is 0.0671. The molecule has 0 bridgehead atoms. The molecule has 6 aromatic rings. The monoisotopic (exact) mass is 828 g/mol. The predicted molar refractivity (Wildman–Crippen MR) is 223 cm³/mol. The number of nitrogens with one attached hydrogen (secondary N) is 5. The van der Waals surface area contributed by atoms with Gasteiger partial charge in [-0.05, 0) is 61.0 Å². The molecule has 5 N–H and O–H groups in total. The molecule has 0 fully saturated rings. The summed E-state index contributed by atoms with van der Waals surface area (Å²) in [5.41, 5.74) is 4.49. The molecule has 0 saturated heterocycles. The number of amides is 1. The van der Waals surface area contributed by atoms with Crippen LogP contribution in [0.5, 0.6) is 11.5 Å². The van der Waals surface area contributed by atoms with Crippen LogP contribution in [0.15, 0.2) is 102 Å². The van der Waals surface area contributed by atoms with Crippen LogP contribution in [-0.2, 0) is 16.6 Å². The van der Waals surface area contributed by atoms with Gasteiger partial charge in [0.2, 0.25) is 21.9 Å². The van der Waals surface area contributed by atoms with E-state index in [1.807, 2.05) is 37.3 Å². The number of hydrogen-bond donors (Lipinski definition) is 5. The molecule has 0 spiro atoms. The second-order valence-electron chi connectivity index (χ2n) is 12.5. The van der Waals surface area contributed by atoms with Crippen LogP contribution < -0.4 is 36.1 Å². The summed E-state index contributed by atoms with van der Waals surface area (Å²) in [4.78, 5) is 30.2. The van der Waals surface area contributed by atoms with Gasteiger partial charge in [-0.15, -0.1) is 0 Å². The largest absolute Gasteiger partial charge is 0.496 e. The van der Waals surface area contributed by atoms with Gasteiger partial charge in [0.25, 0.3) is 5.91 Å². The summed E-state index contributed by atoms with van der Waals surface area (Å²) in [6, 6.07) is 24.5. The minimum Gasteiger partial charge on any atom is -0.496 e. The third kappa shape index (κ3) is 9.79. The van der Waals surface area contributed by atoms with E-state index in [4.69, 9.17) is 32.7 Å². The number of aryl methyl sites for hydroxylation is 1. The fourth-order valence-corrected chi connectivity index (χ4v) is 6.57. The smallest absolute Gasteiger partial charge is 0.253 e. The molecule has 0 aliphatic heterocycles. The number of methoxy groups -OCH3 is 1. The maximum atomic E-state index is 12.6. The summed E-state index contributed by atoms with van der Waals surface area (Å²) in [5, 5.41) is 15.7. The molecule has 2 aromatic heterocycles. The number of rotatable bonds is 15. The lowest BCUT2D eigenvalue weighted by molar-refractivity contribution is 0.0964.